The number of anilines is 3. The molecule has 8 nitrogen and oxygen atoms in total. The third kappa shape index (κ3) is 12.1. The number of hydrogen-bond donors (Lipinski definition) is 0. The second-order valence-electron chi connectivity index (χ2n) is 31.3. The molecule has 6 aromatic carbocycles. The highest BCUT2D eigenvalue weighted by Crippen LogP contribution is 2.47. The second-order valence-corrected chi connectivity index (χ2v) is 31.3. The van der Waals surface area contributed by atoms with Gasteiger partial charge >= 0.3 is 0 Å². The minimum Gasteiger partial charge on any atom is -0.311 e. The Kier molecular flexibility index (Phi) is 14.8. The molecule has 0 radical (unpaired) electrons. The number of hydrogen-bond acceptors (Lipinski definition) is 7. The van der Waals surface area contributed by atoms with Gasteiger partial charge in [-0.15, -0.1) is 0 Å². The van der Waals surface area contributed by atoms with E-state index in [1.165, 1.54) is 33.0 Å². The van der Waals surface area contributed by atoms with Crippen molar-refractivity contribution in [3.63, 3.8) is 0 Å². The summed E-state index contributed by atoms with van der Waals surface area (Å²) in [6.07, 6.45) is 0. The van der Waals surface area contributed by atoms with Crippen molar-refractivity contribution >= 4 is 38.9 Å². The van der Waals surface area contributed by atoms with Crippen LogP contribution in [0.15, 0.2) is 121 Å². The Hall–Kier alpha value is -7.06. The zero-order valence-corrected chi connectivity index (χ0v) is 54.1. The Morgan fingerprint density at radius 2 is 0.671 bits per heavy atom. The molecule has 9 rings (SSSR count). The van der Waals surface area contributed by atoms with Crippen LogP contribution < -0.4 is 4.90 Å². The van der Waals surface area contributed by atoms with E-state index in [1.807, 2.05) is 0 Å². The van der Waals surface area contributed by atoms with Crippen LogP contribution in [0, 0.1) is 0 Å². The fourth-order valence-corrected chi connectivity index (χ4v) is 10.4. The summed E-state index contributed by atoms with van der Waals surface area (Å²) in [7, 11) is 0. The average Bonchev–Trinajstić information content (AvgIpc) is 3.81. The SMILES string of the molecule is CC(C)(C)c1ccc(N(c2ccc(-n3c4ccc(C(C)(C)C)cc4c4cc(C(C)(C)C)cc(-c5ccc(-c6nc(C(C)(C)C)nc(C(C)(C)C)n6)cc5-c5nc(C(C)(C)C)nc(C(C)(C)C)n5)c43)cc2)c2ccc(C(C)(C)C)cc2)cc1. The standard InChI is InChI=1S/C74H92N8/c1-67(2,3)46-26-31-50(32-27-46)81(51-33-28-47(29-34-51)68(4,5)6)52-35-37-53(38-36-52)82-59-40-30-48(69(7,8)9)42-55(59)57-44-49(70(10,11)12)43-56(60(57)82)54-39-25-45(61-75-63(71(13,14)15)79-64(76-61)72(16,17)18)41-58(54)62-77-65(73(19,20)21)80-66(78-62)74(22,23)24/h25-44H,1-24H3. The molecule has 82 heavy (non-hydrogen) atoms. The van der Waals surface area contributed by atoms with Crippen molar-refractivity contribution in [1.29, 1.82) is 0 Å². The Balaban J connectivity index is 1.38. The summed E-state index contributed by atoms with van der Waals surface area (Å²) in [5.74, 6) is 4.23. The summed E-state index contributed by atoms with van der Waals surface area (Å²) in [4.78, 5) is 34.1. The third-order valence-electron chi connectivity index (χ3n) is 15.7. The van der Waals surface area contributed by atoms with Gasteiger partial charge in [0.2, 0.25) is 0 Å². The molecule has 0 saturated carbocycles. The van der Waals surface area contributed by atoms with Crippen LogP contribution in [0.3, 0.4) is 0 Å². The minimum absolute atomic E-state index is 0.0288. The van der Waals surface area contributed by atoms with Crippen molar-refractivity contribution in [3.05, 3.63) is 167 Å². The molecule has 0 N–H and O–H groups in total. The Morgan fingerprint density at radius 1 is 0.293 bits per heavy atom. The highest BCUT2D eigenvalue weighted by atomic mass is 15.1. The lowest BCUT2D eigenvalue weighted by Crippen LogP contribution is -2.24. The lowest BCUT2D eigenvalue weighted by Gasteiger charge is -2.28. The van der Waals surface area contributed by atoms with E-state index in [1.54, 1.807) is 0 Å². The molecule has 8 heteroatoms. The molecule has 428 valence electrons. The van der Waals surface area contributed by atoms with Gasteiger partial charge in [0.15, 0.2) is 11.6 Å². The first-order valence-corrected chi connectivity index (χ1v) is 29.6. The maximum atomic E-state index is 5.46. The summed E-state index contributed by atoms with van der Waals surface area (Å²) < 4.78 is 2.49. The van der Waals surface area contributed by atoms with Crippen molar-refractivity contribution in [3.8, 4) is 39.6 Å². The fraction of sp³-hybridized carbons (Fsp3) is 0.432. The number of fused-ring (bicyclic) bond motifs is 3. The van der Waals surface area contributed by atoms with E-state index in [0.717, 1.165) is 79.3 Å². The van der Waals surface area contributed by atoms with Crippen molar-refractivity contribution in [2.45, 2.75) is 209 Å². The van der Waals surface area contributed by atoms with Gasteiger partial charge in [0.1, 0.15) is 23.3 Å². The van der Waals surface area contributed by atoms with Gasteiger partial charge in [-0.05, 0) is 128 Å². The van der Waals surface area contributed by atoms with E-state index >= 15 is 0 Å². The van der Waals surface area contributed by atoms with Crippen LogP contribution in [0.2, 0.25) is 0 Å². The zero-order chi connectivity index (χ0) is 60.2. The first-order valence-electron chi connectivity index (χ1n) is 29.6. The highest BCUT2D eigenvalue weighted by Gasteiger charge is 2.31. The molecular formula is C74H92N8. The van der Waals surface area contributed by atoms with Gasteiger partial charge in [-0.25, -0.2) is 29.9 Å². The van der Waals surface area contributed by atoms with Crippen molar-refractivity contribution < 1.29 is 0 Å². The van der Waals surface area contributed by atoms with Gasteiger partial charge in [0.25, 0.3) is 0 Å². The quantitative estimate of drug-likeness (QED) is 0.157. The molecule has 0 unspecified atom stereocenters. The van der Waals surface area contributed by atoms with Gasteiger partial charge in [0.05, 0.1) is 11.0 Å². The van der Waals surface area contributed by atoms with Crippen LogP contribution in [-0.4, -0.2) is 34.5 Å². The maximum absolute atomic E-state index is 5.46. The van der Waals surface area contributed by atoms with Crippen LogP contribution in [0.4, 0.5) is 17.1 Å². The molecule has 0 saturated heterocycles. The van der Waals surface area contributed by atoms with Gasteiger partial charge < -0.3 is 9.47 Å². The summed E-state index contributed by atoms with van der Waals surface area (Å²) in [5.41, 5.74) is 13.9. The molecule has 0 spiro atoms. The van der Waals surface area contributed by atoms with Crippen molar-refractivity contribution in [2.75, 3.05) is 4.90 Å². The topological polar surface area (TPSA) is 85.5 Å². The van der Waals surface area contributed by atoms with E-state index < -0.39 is 0 Å². The fourth-order valence-electron chi connectivity index (χ4n) is 10.4. The Bertz CT molecular complexity index is 3720. The van der Waals surface area contributed by atoms with E-state index in [2.05, 4.69) is 297 Å². The lowest BCUT2D eigenvalue weighted by molar-refractivity contribution is 0.497. The van der Waals surface area contributed by atoms with Crippen molar-refractivity contribution in [2.24, 2.45) is 0 Å². The second kappa shape index (κ2) is 20.4. The van der Waals surface area contributed by atoms with Crippen LogP contribution in [0.1, 0.15) is 212 Å². The monoisotopic (exact) mass is 1090 g/mol. The highest BCUT2D eigenvalue weighted by molar-refractivity contribution is 6.15. The molecule has 0 aliphatic rings. The minimum atomic E-state index is -0.364. The Morgan fingerprint density at radius 3 is 1.07 bits per heavy atom. The first-order chi connectivity index (χ1) is 37.7. The molecule has 0 amide bonds. The molecular weight excluding hydrogens is 1000 g/mol. The smallest absolute Gasteiger partial charge is 0.164 e. The predicted octanol–water partition coefficient (Wildman–Crippen LogP) is 20.0. The average molecular weight is 1090 g/mol. The van der Waals surface area contributed by atoms with Crippen molar-refractivity contribution in [1.82, 2.24) is 34.5 Å². The predicted molar refractivity (Wildman–Crippen MR) is 348 cm³/mol. The summed E-state index contributed by atoms with van der Waals surface area (Å²) in [6, 6.07) is 46.0. The summed E-state index contributed by atoms with van der Waals surface area (Å²) >= 11 is 0. The zero-order valence-electron chi connectivity index (χ0n) is 54.1. The largest absolute Gasteiger partial charge is 0.311 e. The molecule has 0 atom stereocenters. The molecule has 3 heterocycles. The van der Waals surface area contributed by atoms with E-state index in [9.17, 15) is 0 Å². The summed E-state index contributed by atoms with van der Waals surface area (Å²) in [5, 5.41) is 2.39. The molecule has 0 bridgehead atoms. The molecule has 0 fully saturated rings. The number of benzene rings is 6. The summed E-state index contributed by atoms with van der Waals surface area (Å²) in [6.45, 7) is 53.6. The third-order valence-corrected chi connectivity index (χ3v) is 15.7. The first kappa shape index (κ1) is 59.6. The van der Waals surface area contributed by atoms with Crippen LogP contribution in [0.25, 0.3) is 61.4 Å². The van der Waals surface area contributed by atoms with Crippen LogP contribution in [0.5, 0.6) is 0 Å². The normalized spacial score (nSPS) is 13.4. The van der Waals surface area contributed by atoms with Crippen LogP contribution in [-0.2, 0) is 43.3 Å². The van der Waals surface area contributed by atoms with E-state index in [-0.39, 0.29) is 43.3 Å². The Labute approximate surface area is 491 Å². The van der Waals surface area contributed by atoms with E-state index in [0.29, 0.717) is 11.6 Å². The lowest BCUT2D eigenvalue weighted by atomic mass is 9.82. The number of rotatable bonds is 7. The number of aromatic nitrogens is 7. The van der Waals surface area contributed by atoms with E-state index in [4.69, 9.17) is 29.9 Å². The van der Waals surface area contributed by atoms with Gasteiger partial charge in [-0.1, -0.05) is 209 Å². The number of nitrogens with zero attached hydrogens (tertiary/aromatic N) is 8. The molecule has 0 aliphatic heterocycles. The van der Waals surface area contributed by atoms with Crippen LogP contribution >= 0.6 is 0 Å². The molecule has 9 aromatic rings. The maximum Gasteiger partial charge on any atom is 0.164 e. The van der Waals surface area contributed by atoms with Gasteiger partial charge in [-0.2, -0.15) is 0 Å². The molecule has 0 aliphatic carbocycles. The van der Waals surface area contributed by atoms with Gasteiger partial charge in [-0.3, -0.25) is 0 Å². The van der Waals surface area contributed by atoms with Gasteiger partial charge in [0, 0.05) is 71.9 Å². The molecule has 3 aromatic heterocycles.